The number of rotatable bonds is 5. The fraction of sp³-hybridized carbons (Fsp3) is 0.571. The molecule has 1 aromatic rings. The van der Waals surface area contributed by atoms with Gasteiger partial charge in [-0.25, -0.2) is 0 Å². The molecule has 84 valence electrons. The lowest BCUT2D eigenvalue weighted by Crippen LogP contribution is -2.03. The fourth-order valence-corrected chi connectivity index (χ4v) is 2.18. The Balaban J connectivity index is 3.09. The molecule has 0 radical (unpaired) electrons. The maximum absolute atomic E-state index is 9.84. The zero-order chi connectivity index (χ0) is 11.3. The summed E-state index contributed by atoms with van der Waals surface area (Å²) < 4.78 is 0. The van der Waals surface area contributed by atoms with Gasteiger partial charge in [0.25, 0.3) is 0 Å². The second kappa shape index (κ2) is 5.92. The highest BCUT2D eigenvalue weighted by atomic mass is 16.3. The molecule has 0 saturated heterocycles. The third-order valence-electron chi connectivity index (χ3n) is 2.74. The number of aliphatic hydroxyl groups is 1. The Labute approximate surface area is 93.1 Å². The Morgan fingerprint density at radius 2 is 1.53 bits per heavy atom. The minimum absolute atomic E-state index is 0.339. The van der Waals surface area contributed by atoms with Gasteiger partial charge in [0.1, 0.15) is 0 Å². The van der Waals surface area contributed by atoms with Crippen LogP contribution in [0.25, 0.3) is 0 Å². The molecule has 1 unspecified atom stereocenters. The summed E-state index contributed by atoms with van der Waals surface area (Å²) in [6, 6.07) is 6.40. The van der Waals surface area contributed by atoms with Crippen LogP contribution in [0.5, 0.6) is 0 Å². The van der Waals surface area contributed by atoms with Crippen molar-refractivity contribution in [3.8, 4) is 0 Å². The van der Waals surface area contributed by atoms with Gasteiger partial charge in [0.2, 0.25) is 0 Å². The van der Waals surface area contributed by atoms with E-state index < -0.39 is 0 Å². The largest absolute Gasteiger partial charge is 0.389 e. The number of aryl methyl sites for hydroxylation is 2. The number of aliphatic hydroxyl groups excluding tert-OH is 1. The minimum atomic E-state index is -0.339. The minimum Gasteiger partial charge on any atom is -0.389 e. The fourth-order valence-electron chi connectivity index (χ4n) is 2.18. The van der Waals surface area contributed by atoms with Crippen LogP contribution in [-0.2, 0) is 12.8 Å². The molecule has 0 aromatic heterocycles. The van der Waals surface area contributed by atoms with Crippen LogP contribution in [-0.4, -0.2) is 5.11 Å². The molecule has 1 aromatic carbocycles. The van der Waals surface area contributed by atoms with Gasteiger partial charge in [-0.1, -0.05) is 44.9 Å². The summed E-state index contributed by atoms with van der Waals surface area (Å²) in [5.41, 5.74) is 3.80. The Kier molecular flexibility index (Phi) is 4.83. The highest BCUT2D eigenvalue weighted by Crippen LogP contribution is 2.24. The quantitative estimate of drug-likeness (QED) is 0.779. The van der Waals surface area contributed by atoms with Gasteiger partial charge in [0, 0.05) is 0 Å². The molecule has 1 nitrogen and oxygen atoms in total. The average Bonchev–Trinajstić information content (AvgIpc) is 2.18. The second-order valence-corrected chi connectivity index (χ2v) is 4.17. The zero-order valence-electron chi connectivity index (χ0n) is 10.1. The maximum atomic E-state index is 9.84. The summed E-state index contributed by atoms with van der Waals surface area (Å²) in [5.74, 6) is 0. The second-order valence-electron chi connectivity index (χ2n) is 4.17. The van der Waals surface area contributed by atoms with Crippen LogP contribution in [0.3, 0.4) is 0 Å². The van der Waals surface area contributed by atoms with Crippen molar-refractivity contribution >= 4 is 0 Å². The van der Waals surface area contributed by atoms with E-state index in [1.807, 2.05) is 6.92 Å². The van der Waals surface area contributed by atoms with Crippen molar-refractivity contribution in [1.29, 1.82) is 0 Å². The Bertz CT molecular complexity index is 278. The first kappa shape index (κ1) is 12.3. The summed E-state index contributed by atoms with van der Waals surface area (Å²) in [5, 5.41) is 9.84. The third kappa shape index (κ3) is 3.07. The highest BCUT2D eigenvalue weighted by molar-refractivity contribution is 5.37. The van der Waals surface area contributed by atoms with E-state index >= 15 is 0 Å². The predicted molar refractivity (Wildman–Crippen MR) is 65.1 cm³/mol. The molecule has 15 heavy (non-hydrogen) atoms. The van der Waals surface area contributed by atoms with Crippen LogP contribution in [0.2, 0.25) is 0 Å². The van der Waals surface area contributed by atoms with Crippen LogP contribution in [0.15, 0.2) is 18.2 Å². The van der Waals surface area contributed by atoms with Crippen molar-refractivity contribution < 1.29 is 5.11 Å². The van der Waals surface area contributed by atoms with Crippen LogP contribution in [0.4, 0.5) is 0 Å². The molecular formula is C14H22O. The van der Waals surface area contributed by atoms with Gasteiger partial charge in [-0.15, -0.1) is 0 Å². The zero-order valence-corrected chi connectivity index (χ0v) is 10.1. The lowest BCUT2D eigenvalue weighted by molar-refractivity contribution is 0.197. The van der Waals surface area contributed by atoms with Crippen molar-refractivity contribution in [3.63, 3.8) is 0 Å². The van der Waals surface area contributed by atoms with E-state index in [4.69, 9.17) is 0 Å². The normalized spacial score (nSPS) is 12.8. The molecule has 1 heteroatoms. The summed E-state index contributed by atoms with van der Waals surface area (Å²) in [4.78, 5) is 0. The maximum Gasteiger partial charge on any atom is 0.0767 e. The average molecular weight is 206 g/mol. The molecule has 0 fully saturated rings. The van der Waals surface area contributed by atoms with Gasteiger partial charge in [-0.3, -0.25) is 0 Å². The first-order chi connectivity index (χ1) is 7.20. The lowest BCUT2D eigenvalue weighted by Gasteiger charge is -2.16. The van der Waals surface area contributed by atoms with E-state index in [1.165, 1.54) is 16.7 Å². The van der Waals surface area contributed by atoms with E-state index in [-0.39, 0.29) is 6.10 Å². The Morgan fingerprint density at radius 1 is 1.07 bits per heavy atom. The molecule has 0 aliphatic carbocycles. The third-order valence-corrected chi connectivity index (χ3v) is 2.74. The van der Waals surface area contributed by atoms with Crippen molar-refractivity contribution in [2.24, 2.45) is 0 Å². The summed E-state index contributed by atoms with van der Waals surface area (Å²) in [6.45, 7) is 6.23. The van der Waals surface area contributed by atoms with Crippen LogP contribution < -0.4 is 0 Å². The van der Waals surface area contributed by atoms with Gasteiger partial charge in [0.15, 0.2) is 0 Å². The van der Waals surface area contributed by atoms with Gasteiger partial charge < -0.3 is 5.11 Å². The number of benzene rings is 1. The van der Waals surface area contributed by atoms with Crippen LogP contribution in [0.1, 0.15) is 56.4 Å². The topological polar surface area (TPSA) is 20.2 Å². The molecule has 0 amide bonds. The molecule has 0 spiro atoms. The molecule has 1 N–H and O–H groups in total. The lowest BCUT2D eigenvalue weighted by atomic mass is 9.92. The predicted octanol–water partition coefficient (Wildman–Crippen LogP) is 3.64. The van der Waals surface area contributed by atoms with Crippen molar-refractivity contribution in [2.75, 3.05) is 0 Å². The van der Waals surface area contributed by atoms with Crippen molar-refractivity contribution in [1.82, 2.24) is 0 Å². The van der Waals surface area contributed by atoms with E-state index in [0.29, 0.717) is 0 Å². The van der Waals surface area contributed by atoms with Crippen molar-refractivity contribution in [3.05, 3.63) is 34.9 Å². The van der Waals surface area contributed by atoms with Gasteiger partial charge in [0.05, 0.1) is 6.10 Å². The molecular weight excluding hydrogens is 184 g/mol. The Hall–Kier alpha value is -0.820. The molecule has 0 aliphatic heterocycles. The molecule has 0 bridgehead atoms. The highest BCUT2D eigenvalue weighted by Gasteiger charge is 2.11. The molecule has 1 atom stereocenters. The van der Waals surface area contributed by atoms with E-state index in [9.17, 15) is 5.11 Å². The summed E-state index contributed by atoms with van der Waals surface area (Å²) in [7, 11) is 0. The van der Waals surface area contributed by atoms with Gasteiger partial charge in [-0.2, -0.15) is 0 Å². The molecule has 1 rings (SSSR count). The summed E-state index contributed by atoms with van der Waals surface area (Å²) >= 11 is 0. The van der Waals surface area contributed by atoms with E-state index in [0.717, 1.165) is 25.7 Å². The molecule has 0 heterocycles. The standard InChI is InChI=1S/C14H22O/c1-4-7-12-9-6-10-13(8-5-2)14(12)11(3)15/h6,9-11,15H,4-5,7-8H2,1-3H3. The van der Waals surface area contributed by atoms with Gasteiger partial charge in [-0.05, 0) is 36.5 Å². The first-order valence-electron chi connectivity index (χ1n) is 5.99. The van der Waals surface area contributed by atoms with E-state index in [1.54, 1.807) is 0 Å². The van der Waals surface area contributed by atoms with Gasteiger partial charge >= 0.3 is 0 Å². The number of hydrogen-bond donors (Lipinski definition) is 1. The smallest absolute Gasteiger partial charge is 0.0767 e. The monoisotopic (exact) mass is 206 g/mol. The molecule has 0 saturated carbocycles. The summed E-state index contributed by atoms with van der Waals surface area (Å²) in [6.07, 6.45) is 4.06. The first-order valence-corrected chi connectivity index (χ1v) is 5.99. The van der Waals surface area contributed by atoms with E-state index in [2.05, 4.69) is 32.0 Å². The number of hydrogen-bond acceptors (Lipinski definition) is 1. The SMILES string of the molecule is CCCc1cccc(CCC)c1C(C)O. The van der Waals surface area contributed by atoms with Crippen molar-refractivity contribution in [2.45, 2.75) is 52.6 Å². The van der Waals surface area contributed by atoms with Crippen LogP contribution >= 0.6 is 0 Å². The van der Waals surface area contributed by atoms with Crippen LogP contribution in [0, 0.1) is 0 Å². The molecule has 0 aliphatic rings. The Morgan fingerprint density at radius 3 is 1.87 bits per heavy atom.